The number of rotatable bonds is 7. The maximum absolute atomic E-state index is 12.1. The highest BCUT2D eigenvalue weighted by Crippen LogP contribution is 2.31. The summed E-state index contributed by atoms with van der Waals surface area (Å²) in [6, 6.07) is 11.6. The van der Waals surface area contributed by atoms with Crippen LogP contribution in [0.4, 0.5) is 5.69 Å². The van der Waals surface area contributed by atoms with Crippen molar-refractivity contribution in [2.45, 2.75) is 11.3 Å². The number of hydrogen-bond acceptors (Lipinski definition) is 7. The lowest BCUT2D eigenvalue weighted by Gasteiger charge is -2.06. The predicted molar refractivity (Wildman–Crippen MR) is 101 cm³/mol. The second kappa shape index (κ2) is 8.20. The van der Waals surface area contributed by atoms with Crippen LogP contribution in [0.3, 0.4) is 0 Å². The number of carboxylic acid groups (broad SMARTS) is 1. The highest BCUT2D eigenvalue weighted by atomic mass is 32.2. The van der Waals surface area contributed by atoms with Gasteiger partial charge in [0.2, 0.25) is 5.91 Å². The Morgan fingerprint density at radius 2 is 2.00 bits per heavy atom. The summed E-state index contributed by atoms with van der Waals surface area (Å²) in [5.74, 6) is -0.425. The van der Waals surface area contributed by atoms with E-state index in [1.54, 1.807) is 0 Å². The number of anilines is 1. The van der Waals surface area contributed by atoms with Gasteiger partial charge in [0.05, 0.1) is 28.5 Å². The molecule has 0 atom stereocenters. The molecule has 1 amide bonds. The molecule has 0 spiro atoms. The fourth-order valence-corrected chi connectivity index (χ4v) is 4.11. The largest absolute Gasteiger partial charge is 0.545 e. The zero-order valence-corrected chi connectivity index (χ0v) is 15.5. The van der Waals surface area contributed by atoms with E-state index in [9.17, 15) is 14.7 Å². The number of amides is 1. The number of thiazole rings is 1. The van der Waals surface area contributed by atoms with Crippen molar-refractivity contribution in [3.63, 3.8) is 0 Å². The Morgan fingerprint density at radius 1 is 1.23 bits per heavy atom. The van der Waals surface area contributed by atoms with E-state index < -0.39 is 5.97 Å². The van der Waals surface area contributed by atoms with Gasteiger partial charge in [0, 0.05) is 5.69 Å². The fourth-order valence-electron chi connectivity index (χ4n) is 2.22. The summed E-state index contributed by atoms with van der Waals surface area (Å²) in [4.78, 5) is 27.3. The second-order valence-electron chi connectivity index (χ2n) is 5.24. The zero-order valence-electron chi connectivity index (χ0n) is 13.9. The van der Waals surface area contributed by atoms with Gasteiger partial charge in [0.25, 0.3) is 0 Å². The molecule has 2 aromatic carbocycles. The molecule has 0 bridgehead atoms. The number of benzene rings is 2. The zero-order chi connectivity index (χ0) is 18.5. The van der Waals surface area contributed by atoms with Crippen LogP contribution in [0.5, 0.6) is 5.75 Å². The number of hydrogen-bond donors (Lipinski definition) is 1. The molecule has 0 saturated heterocycles. The van der Waals surface area contributed by atoms with Crippen molar-refractivity contribution in [3.05, 3.63) is 48.0 Å². The molecule has 8 heteroatoms. The van der Waals surface area contributed by atoms with Crippen molar-refractivity contribution in [1.29, 1.82) is 0 Å². The Labute approximate surface area is 158 Å². The summed E-state index contributed by atoms with van der Waals surface area (Å²) in [5.41, 5.74) is 1.48. The maximum atomic E-state index is 12.1. The Bertz CT molecular complexity index is 938. The summed E-state index contributed by atoms with van der Waals surface area (Å²) in [5, 5.41) is 13.4. The lowest BCUT2D eigenvalue weighted by molar-refractivity contribution is -0.255. The van der Waals surface area contributed by atoms with E-state index in [-0.39, 0.29) is 17.2 Å². The van der Waals surface area contributed by atoms with Gasteiger partial charge in [0.15, 0.2) is 4.34 Å². The Hall–Kier alpha value is -2.58. The molecule has 6 nitrogen and oxygen atoms in total. The smallest absolute Gasteiger partial charge is 0.234 e. The quantitative estimate of drug-likeness (QED) is 0.627. The number of ether oxygens (including phenoxy) is 1. The minimum atomic E-state index is -1.25. The summed E-state index contributed by atoms with van der Waals surface area (Å²) in [6.45, 7) is 2.54. The molecular formula is C18H15N2O4S2-. The minimum Gasteiger partial charge on any atom is -0.545 e. The number of aromatic carboxylic acids is 1. The first kappa shape index (κ1) is 18.2. The normalized spacial score (nSPS) is 10.7. The van der Waals surface area contributed by atoms with Gasteiger partial charge in [-0.15, -0.1) is 11.3 Å². The van der Waals surface area contributed by atoms with Crippen molar-refractivity contribution >= 4 is 50.9 Å². The molecule has 1 heterocycles. The van der Waals surface area contributed by atoms with Gasteiger partial charge in [-0.25, -0.2) is 4.98 Å². The second-order valence-corrected chi connectivity index (χ2v) is 7.50. The summed E-state index contributed by atoms with van der Waals surface area (Å²) < 4.78 is 7.29. The minimum absolute atomic E-state index is 0.0678. The van der Waals surface area contributed by atoms with Gasteiger partial charge >= 0.3 is 0 Å². The molecule has 0 fully saturated rings. The summed E-state index contributed by atoms with van der Waals surface area (Å²) in [6.07, 6.45) is 0. The molecule has 26 heavy (non-hydrogen) atoms. The number of nitrogens with one attached hydrogen (secondary N) is 1. The van der Waals surface area contributed by atoms with E-state index in [4.69, 9.17) is 4.74 Å². The maximum Gasteiger partial charge on any atom is 0.234 e. The number of thioether (sulfide) groups is 1. The molecule has 1 N–H and O–H groups in total. The van der Waals surface area contributed by atoms with Crippen LogP contribution in [0.15, 0.2) is 46.8 Å². The molecule has 0 aliphatic carbocycles. The van der Waals surface area contributed by atoms with Crippen LogP contribution in [0.25, 0.3) is 10.2 Å². The summed E-state index contributed by atoms with van der Waals surface area (Å²) >= 11 is 2.86. The predicted octanol–water partition coefficient (Wildman–Crippen LogP) is 2.79. The molecule has 3 rings (SSSR count). The van der Waals surface area contributed by atoms with Gasteiger partial charge in [0.1, 0.15) is 5.75 Å². The number of carboxylic acids is 1. The van der Waals surface area contributed by atoms with Gasteiger partial charge in [-0.1, -0.05) is 23.9 Å². The number of fused-ring (bicyclic) bond motifs is 1. The van der Waals surface area contributed by atoms with E-state index in [1.807, 2.05) is 25.1 Å². The van der Waals surface area contributed by atoms with E-state index in [0.29, 0.717) is 12.3 Å². The van der Waals surface area contributed by atoms with Crippen LogP contribution in [0.2, 0.25) is 0 Å². The molecule has 0 aliphatic heterocycles. The first-order chi connectivity index (χ1) is 12.5. The Kier molecular flexibility index (Phi) is 5.75. The number of carbonyl (C=O) groups excluding carboxylic acids is 2. The number of aromatic nitrogens is 1. The third-order valence-electron chi connectivity index (χ3n) is 3.38. The number of carbonyl (C=O) groups is 2. The molecule has 0 unspecified atom stereocenters. The van der Waals surface area contributed by atoms with Gasteiger partial charge < -0.3 is 20.0 Å². The van der Waals surface area contributed by atoms with E-state index in [0.717, 1.165) is 20.3 Å². The lowest BCUT2D eigenvalue weighted by Crippen LogP contribution is -2.22. The lowest BCUT2D eigenvalue weighted by atomic mass is 10.2. The average Bonchev–Trinajstić information content (AvgIpc) is 3.03. The molecular weight excluding hydrogens is 372 g/mol. The van der Waals surface area contributed by atoms with Crippen LogP contribution < -0.4 is 15.2 Å². The summed E-state index contributed by atoms with van der Waals surface area (Å²) in [7, 11) is 0. The molecule has 0 aliphatic rings. The van der Waals surface area contributed by atoms with Gasteiger partial charge in [-0.3, -0.25) is 4.79 Å². The van der Waals surface area contributed by atoms with Crippen LogP contribution in [-0.4, -0.2) is 29.2 Å². The third-order valence-corrected chi connectivity index (χ3v) is 5.54. The van der Waals surface area contributed by atoms with Crippen molar-refractivity contribution in [3.8, 4) is 5.75 Å². The van der Waals surface area contributed by atoms with Crippen molar-refractivity contribution < 1.29 is 19.4 Å². The highest BCUT2D eigenvalue weighted by molar-refractivity contribution is 8.01. The van der Waals surface area contributed by atoms with Crippen LogP contribution in [0.1, 0.15) is 17.3 Å². The number of nitrogens with zero attached hydrogens (tertiary/aromatic N) is 1. The molecule has 3 aromatic rings. The Morgan fingerprint density at radius 3 is 2.69 bits per heavy atom. The van der Waals surface area contributed by atoms with Crippen LogP contribution in [-0.2, 0) is 4.79 Å². The molecule has 1 aromatic heterocycles. The highest BCUT2D eigenvalue weighted by Gasteiger charge is 2.09. The molecule has 0 saturated carbocycles. The van der Waals surface area contributed by atoms with Gasteiger partial charge in [-0.2, -0.15) is 0 Å². The van der Waals surface area contributed by atoms with E-state index in [1.165, 1.54) is 47.4 Å². The molecule has 0 radical (unpaired) electrons. The van der Waals surface area contributed by atoms with Gasteiger partial charge in [-0.05, 0) is 42.8 Å². The SMILES string of the molecule is CCOc1ccc2nc(SCC(=O)Nc3ccc(C(=O)[O-])cc3)sc2c1. The van der Waals surface area contributed by atoms with Crippen molar-refractivity contribution in [2.24, 2.45) is 0 Å². The van der Waals surface area contributed by atoms with Crippen molar-refractivity contribution in [2.75, 3.05) is 17.7 Å². The topological polar surface area (TPSA) is 91.3 Å². The van der Waals surface area contributed by atoms with Crippen LogP contribution >= 0.6 is 23.1 Å². The fraction of sp³-hybridized carbons (Fsp3) is 0.167. The van der Waals surface area contributed by atoms with E-state index in [2.05, 4.69) is 10.3 Å². The monoisotopic (exact) mass is 387 g/mol. The Balaban J connectivity index is 1.58. The van der Waals surface area contributed by atoms with Crippen molar-refractivity contribution in [1.82, 2.24) is 4.98 Å². The standard InChI is InChI=1S/C18H16N2O4S2/c1-2-24-13-7-8-14-15(9-13)26-18(20-14)25-10-16(21)19-12-5-3-11(4-6-12)17(22)23/h3-9H,2,10H2,1H3,(H,19,21)(H,22,23)/p-1. The first-order valence-corrected chi connectivity index (χ1v) is 9.63. The molecule has 134 valence electrons. The van der Waals surface area contributed by atoms with E-state index >= 15 is 0 Å². The first-order valence-electron chi connectivity index (χ1n) is 7.82. The third kappa shape index (κ3) is 4.53. The average molecular weight is 387 g/mol. The van der Waals surface area contributed by atoms with Crippen LogP contribution in [0, 0.1) is 0 Å².